The number of methoxy groups -OCH3 is 2. The summed E-state index contributed by atoms with van der Waals surface area (Å²) in [5.41, 5.74) is 3.69. The maximum atomic E-state index is 14.6. The van der Waals surface area contributed by atoms with Gasteiger partial charge in [0.2, 0.25) is 0 Å². The highest BCUT2D eigenvalue weighted by Crippen LogP contribution is 2.42. The normalized spacial score (nSPS) is 14.0. The van der Waals surface area contributed by atoms with Crippen LogP contribution in [0, 0.1) is 11.3 Å². The molecule has 0 saturated heterocycles. The predicted molar refractivity (Wildman–Crippen MR) is 200 cm³/mol. The lowest BCUT2D eigenvalue weighted by atomic mass is 9.89. The summed E-state index contributed by atoms with van der Waals surface area (Å²) in [6.45, 7) is 2.07. The molecule has 0 amide bonds. The monoisotopic (exact) mass is 707 g/mol. The van der Waals surface area contributed by atoms with Gasteiger partial charge in [-0.05, 0) is 53.6 Å². The second kappa shape index (κ2) is 14.8. The van der Waals surface area contributed by atoms with Gasteiger partial charge in [0.05, 0.1) is 48.3 Å². The molecular weight excluding hydrogens is 675 g/mol. The van der Waals surface area contributed by atoms with Gasteiger partial charge in [-0.3, -0.25) is 9.36 Å². The number of aromatic nitrogens is 1. The summed E-state index contributed by atoms with van der Waals surface area (Å²) < 4.78 is 25.3. The summed E-state index contributed by atoms with van der Waals surface area (Å²) in [5.74, 6) is 0.901. The van der Waals surface area contributed by atoms with Crippen LogP contribution in [-0.2, 0) is 16.1 Å². The van der Waals surface area contributed by atoms with Gasteiger partial charge in [-0.2, -0.15) is 5.26 Å². The van der Waals surface area contributed by atoms with Crippen LogP contribution in [0.2, 0.25) is 0 Å². The number of thiazole rings is 1. The minimum Gasteiger partial charge on any atom is -0.496 e. The number of hydrogen-bond donors (Lipinski definition) is 0. The van der Waals surface area contributed by atoms with Crippen molar-refractivity contribution in [3.63, 3.8) is 0 Å². The van der Waals surface area contributed by atoms with Crippen LogP contribution in [0.5, 0.6) is 17.2 Å². The highest BCUT2D eigenvalue weighted by molar-refractivity contribution is 7.07. The van der Waals surface area contributed by atoms with E-state index in [4.69, 9.17) is 23.9 Å². The van der Waals surface area contributed by atoms with Crippen LogP contribution in [0.15, 0.2) is 125 Å². The third-order valence-corrected chi connectivity index (χ3v) is 9.79. The topological polar surface area (TPSA) is 112 Å². The molecule has 0 bridgehead atoms. The van der Waals surface area contributed by atoms with Crippen molar-refractivity contribution in [3.8, 4) is 23.3 Å². The van der Waals surface area contributed by atoms with Crippen LogP contribution in [0.1, 0.15) is 40.8 Å². The lowest BCUT2D eigenvalue weighted by Crippen LogP contribution is -2.40. The van der Waals surface area contributed by atoms with Crippen molar-refractivity contribution >= 4 is 39.9 Å². The smallest absolute Gasteiger partial charge is 0.338 e. The Balaban J connectivity index is 1.41. The van der Waals surface area contributed by atoms with Gasteiger partial charge in [-0.1, -0.05) is 96.3 Å². The van der Waals surface area contributed by atoms with Crippen molar-refractivity contribution in [3.05, 3.63) is 162 Å². The largest absolute Gasteiger partial charge is 0.496 e. The standard InChI is InChI=1S/C42H33N3O6S/c1-4-50-41(47)37-38(28-13-6-5-7-14-28)44-42-45(39(37)36-31-17-11-10-12-27(31)19-21-33(36)48-2)40(46)35(52-42)23-26-18-20-32(34(22-26)49-3)51-25-30-16-9-8-15-29(30)24-43/h5-23,39H,4,25H2,1-3H3/t39-/m1/s1. The molecule has 0 unspecified atom stereocenters. The van der Waals surface area contributed by atoms with E-state index in [0.717, 1.165) is 16.3 Å². The molecule has 2 heterocycles. The fourth-order valence-electron chi connectivity index (χ4n) is 6.40. The van der Waals surface area contributed by atoms with Crippen molar-refractivity contribution in [1.29, 1.82) is 5.26 Å². The molecule has 1 aliphatic rings. The van der Waals surface area contributed by atoms with Crippen molar-refractivity contribution in [1.82, 2.24) is 4.57 Å². The van der Waals surface area contributed by atoms with E-state index in [2.05, 4.69) is 6.07 Å². The van der Waals surface area contributed by atoms with Crippen LogP contribution < -0.4 is 29.1 Å². The molecule has 1 aromatic heterocycles. The maximum Gasteiger partial charge on any atom is 0.338 e. The van der Waals surface area contributed by atoms with Crippen LogP contribution in [0.3, 0.4) is 0 Å². The second-order valence-electron chi connectivity index (χ2n) is 11.8. The Morgan fingerprint density at radius 1 is 0.904 bits per heavy atom. The summed E-state index contributed by atoms with van der Waals surface area (Å²) in [5, 5.41) is 11.2. The van der Waals surface area contributed by atoms with Gasteiger partial charge in [0, 0.05) is 16.7 Å². The first kappa shape index (κ1) is 34.0. The zero-order chi connectivity index (χ0) is 36.2. The van der Waals surface area contributed by atoms with Gasteiger partial charge in [-0.15, -0.1) is 0 Å². The molecule has 7 rings (SSSR count). The Labute approximate surface area is 303 Å². The molecule has 1 atom stereocenters. The van der Waals surface area contributed by atoms with Crippen LogP contribution >= 0.6 is 11.3 Å². The third-order valence-electron chi connectivity index (χ3n) is 8.80. The van der Waals surface area contributed by atoms with Gasteiger partial charge in [0.1, 0.15) is 18.4 Å². The van der Waals surface area contributed by atoms with E-state index in [9.17, 15) is 14.9 Å². The molecular formula is C42H33N3O6S. The van der Waals surface area contributed by atoms with Crippen molar-refractivity contribution in [2.24, 2.45) is 4.99 Å². The Morgan fingerprint density at radius 3 is 2.40 bits per heavy atom. The van der Waals surface area contributed by atoms with Gasteiger partial charge in [0.15, 0.2) is 16.3 Å². The Morgan fingerprint density at radius 2 is 1.63 bits per heavy atom. The number of carbonyl (C=O) groups is 1. The summed E-state index contributed by atoms with van der Waals surface area (Å²) in [4.78, 5) is 34.1. The molecule has 0 N–H and O–H groups in total. The van der Waals surface area contributed by atoms with E-state index < -0.39 is 12.0 Å². The summed E-state index contributed by atoms with van der Waals surface area (Å²) in [6, 6.07) is 35.0. The quantitative estimate of drug-likeness (QED) is 0.148. The fraction of sp³-hybridized carbons (Fsp3) is 0.143. The minimum absolute atomic E-state index is 0.139. The molecule has 0 radical (unpaired) electrons. The first-order valence-electron chi connectivity index (χ1n) is 16.6. The third kappa shape index (κ3) is 6.34. The zero-order valence-electron chi connectivity index (χ0n) is 28.7. The van der Waals surface area contributed by atoms with Gasteiger partial charge >= 0.3 is 5.97 Å². The first-order valence-corrected chi connectivity index (χ1v) is 17.4. The van der Waals surface area contributed by atoms with E-state index >= 15 is 0 Å². The lowest BCUT2D eigenvalue weighted by Gasteiger charge is -2.28. The number of ether oxygens (including phenoxy) is 4. The van der Waals surface area contributed by atoms with Crippen LogP contribution in [0.4, 0.5) is 0 Å². The molecule has 0 spiro atoms. The maximum absolute atomic E-state index is 14.6. The average Bonchev–Trinajstić information content (AvgIpc) is 3.50. The summed E-state index contributed by atoms with van der Waals surface area (Å²) >= 11 is 1.23. The second-order valence-corrected chi connectivity index (χ2v) is 12.8. The van der Waals surface area contributed by atoms with Crippen LogP contribution in [0.25, 0.3) is 22.5 Å². The molecule has 6 aromatic rings. The highest BCUT2D eigenvalue weighted by Gasteiger charge is 2.37. The molecule has 1 aliphatic heterocycles. The Hall–Kier alpha value is -6.44. The number of benzene rings is 5. The molecule has 52 heavy (non-hydrogen) atoms. The predicted octanol–water partition coefficient (Wildman–Crippen LogP) is 6.56. The van der Waals surface area contributed by atoms with Crippen molar-refractivity contribution in [2.45, 2.75) is 19.6 Å². The van der Waals surface area contributed by atoms with E-state index in [1.54, 1.807) is 50.0 Å². The van der Waals surface area contributed by atoms with Crippen LogP contribution in [-0.4, -0.2) is 31.4 Å². The molecule has 0 saturated carbocycles. The number of hydrogen-bond acceptors (Lipinski definition) is 9. The Kier molecular flexibility index (Phi) is 9.69. The molecule has 5 aromatic carbocycles. The van der Waals surface area contributed by atoms with E-state index in [1.807, 2.05) is 91.0 Å². The van der Waals surface area contributed by atoms with Gasteiger partial charge in [-0.25, -0.2) is 9.79 Å². The molecule has 258 valence electrons. The van der Waals surface area contributed by atoms with Crippen molar-refractivity contribution in [2.75, 3.05) is 20.8 Å². The number of fused-ring (bicyclic) bond motifs is 2. The number of carbonyl (C=O) groups excluding carboxylic acids is 1. The number of rotatable bonds is 10. The van der Waals surface area contributed by atoms with E-state index in [-0.39, 0.29) is 24.3 Å². The molecule has 0 fully saturated rings. The molecule has 9 nitrogen and oxygen atoms in total. The molecule has 0 aliphatic carbocycles. The highest BCUT2D eigenvalue weighted by atomic mass is 32.1. The zero-order valence-corrected chi connectivity index (χ0v) is 29.5. The minimum atomic E-state index is -0.921. The lowest BCUT2D eigenvalue weighted by molar-refractivity contribution is -0.138. The van der Waals surface area contributed by atoms with Crippen molar-refractivity contribution < 1.29 is 23.7 Å². The van der Waals surface area contributed by atoms with Gasteiger partial charge < -0.3 is 18.9 Å². The summed E-state index contributed by atoms with van der Waals surface area (Å²) in [7, 11) is 3.12. The van der Waals surface area contributed by atoms with E-state index in [1.165, 1.54) is 11.3 Å². The number of nitriles is 1. The van der Waals surface area contributed by atoms with E-state index in [0.29, 0.717) is 54.5 Å². The first-order chi connectivity index (χ1) is 25.4. The molecule has 10 heteroatoms. The fourth-order valence-corrected chi connectivity index (χ4v) is 7.41. The average molecular weight is 708 g/mol. The Bertz CT molecular complexity index is 2580. The number of esters is 1. The number of nitrogens with zero attached hydrogens (tertiary/aromatic N) is 3. The SMILES string of the molecule is CCOC(=O)C1=C(c2ccccc2)N=c2sc(=Cc3ccc(OCc4ccccc4C#N)c(OC)c3)c(=O)n2[C@@H]1c1c(OC)ccc2ccccc12. The summed E-state index contributed by atoms with van der Waals surface area (Å²) in [6.07, 6.45) is 1.77. The van der Waals surface area contributed by atoms with Gasteiger partial charge in [0.25, 0.3) is 5.56 Å².